The Hall–Kier alpha value is -2.39. The lowest BCUT2D eigenvalue weighted by Crippen LogP contribution is -2.30. The Kier molecular flexibility index (Phi) is 5.52. The molecule has 1 amide bonds. The lowest BCUT2D eigenvalue weighted by atomic mass is 10.2. The maximum absolute atomic E-state index is 12.6. The summed E-state index contributed by atoms with van der Waals surface area (Å²) in [7, 11) is 0. The lowest BCUT2D eigenvalue weighted by molar-refractivity contribution is -0.305. The van der Waals surface area contributed by atoms with E-state index in [1.165, 1.54) is 16.7 Å². The van der Waals surface area contributed by atoms with E-state index in [4.69, 9.17) is 16.7 Å². The van der Waals surface area contributed by atoms with Gasteiger partial charge in [-0.3, -0.25) is 14.3 Å². The third-order valence-electron chi connectivity index (χ3n) is 4.24. The molecule has 0 radical (unpaired) electrons. The number of carbonyl (C=O) groups is 2. The number of carboxylic acids is 1. The van der Waals surface area contributed by atoms with Gasteiger partial charge in [0, 0.05) is 30.0 Å². The van der Waals surface area contributed by atoms with E-state index in [9.17, 15) is 14.7 Å². The number of carboxylic acid groups (broad SMARTS) is 1. The number of nitrogens with zero attached hydrogens (tertiary/aromatic N) is 3. The van der Waals surface area contributed by atoms with E-state index in [0.29, 0.717) is 21.5 Å². The minimum atomic E-state index is -1.13. The fraction of sp³-hybridized carbons (Fsp3) is 0.333. The van der Waals surface area contributed by atoms with Crippen LogP contribution < -0.4 is 5.11 Å². The highest BCUT2D eigenvalue weighted by molar-refractivity contribution is 8.26. The summed E-state index contributed by atoms with van der Waals surface area (Å²) in [6.07, 6.45) is 2.01. The van der Waals surface area contributed by atoms with E-state index < -0.39 is 5.97 Å². The quantitative estimate of drug-likeness (QED) is 0.538. The number of thioether (sulfide) groups is 1. The number of hydrogen-bond acceptors (Lipinski definition) is 7. The molecule has 1 aliphatic heterocycles. The Bertz CT molecular complexity index is 958. The largest absolute Gasteiger partial charge is 0.550 e. The molecule has 142 valence electrons. The molecule has 0 saturated carbocycles. The number of hydrogen-bond donors (Lipinski definition) is 0. The van der Waals surface area contributed by atoms with Gasteiger partial charge in [-0.05, 0) is 51.3 Å². The van der Waals surface area contributed by atoms with E-state index in [1.54, 1.807) is 0 Å². The van der Waals surface area contributed by atoms with Gasteiger partial charge in [-0.25, -0.2) is 0 Å². The Labute approximate surface area is 166 Å². The number of rotatable bonds is 6. The molecule has 2 aromatic heterocycles. The summed E-state index contributed by atoms with van der Waals surface area (Å²) in [6, 6.07) is 3.82. The van der Waals surface area contributed by atoms with Crippen molar-refractivity contribution >= 4 is 46.3 Å². The fourth-order valence-electron chi connectivity index (χ4n) is 2.96. The molecule has 0 N–H and O–H groups in total. The first-order valence-corrected chi connectivity index (χ1v) is 9.58. The first kappa shape index (κ1) is 19.4. The molecule has 2 aromatic rings. The zero-order valence-electron chi connectivity index (χ0n) is 15.1. The van der Waals surface area contributed by atoms with Crippen molar-refractivity contribution in [3.8, 4) is 5.82 Å². The molecule has 9 heteroatoms. The average molecular weight is 404 g/mol. The van der Waals surface area contributed by atoms with Crippen LogP contribution in [-0.2, 0) is 9.59 Å². The zero-order chi connectivity index (χ0) is 19.7. The van der Waals surface area contributed by atoms with Crippen LogP contribution in [0.2, 0.25) is 0 Å². The average Bonchev–Trinajstić information content (AvgIpc) is 3.20. The fourth-order valence-corrected chi connectivity index (χ4v) is 4.26. The van der Waals surface area contributed by atoms with Crippen molar-refractivity contribution in [3.63, 3.8) is 0 Å². The van der Waals surface area contributed by atoms with Crippen LogP contribution >= 0.6 is 24.0 Å². The van der Waals surface area contributed by atoms with Crippen LogP contribution in [0.5, 0.6) is 0 Å². The maximum atomic E-state index is 12.6. The van der Waals surface area contributed by atoms with Gasteiger partial charge in [0.2, 0.25) is 0 Å². The van der Waals surface area contributed by atoms with Gasteiger partial charge in [0.25, 0.3) is 5.91 Å². The van der Waals surface area contributed by atoms with Crippen LogP contribution in [0.15, 0.2) is 21.6 Å². The summed E-state index contributed by atoms with van der Waals surface area (Å²) in [5.41, 5.74) is 2.79. The van der Waals surface area contributed by atoms with Crippen molar-refractivity contribution in [2.24, 2.45) is 0 Å². The summed E-state index contributed by atoms with van der Waals surface area (Å²) >= 11 is 6.49. The molecular weight excluding hydrogens is 386 g/mol. The Morgan fingerprint density at radius 1 is 1.37 bits per heavy atom. The highest BCUT2D eigenvalue weighted by Gasteiger charge is 2.31. The molecule has 0 spiro atoms. The third-order valence-corrected chi connectivity index (χ3v) is 5.62. The van der Waals surface area contributed by atoms with Crippen molar-refractivity contribution in [2.75, 3.05) is 6.54 Å². The molecule has 0 bridgehead atoms. The zero-order valence-corrected chi connectivity index (χ0v) is 16.8. The maximum Gasteiger partial charge on any atom is 0.266 e. The number of aryl methyl sites for hydroxylation is 2. The minimum Gasteiger partial charge on any atom is -0.550 e. The predicted molar refractivity (Wildman–Crippen MR) is 104 cm³/mol. The van der Waals surface area contributed by atoms with E-state index >= 15 is 0 Å². The summed E-state index contributed by atoms with van der Waals surface area (Å²) in [5.74, 6) is 0.0745. The molecule has 3 rings (SSSR count). The summed E-state index contributed by atoms with van der Waals surface area (Å²) in [6.45, 7) is 6.01. The van der Waals surface area contributed by atoms with Crippen LogP contribution in [0.1, 0.15) is 35.6 Å². The van der Waals surface area contributed by atoms with Crippen molar-refractivity contribution in [2.45, 2.75) is 33.6 Å². The van der Waals surface area contributed by atoms with Crippen LogP contribution in [-0.4, -0.2) is 37.4 Å². The van der Waals surface area contributed by atoms with Gasteiger partial charge < -0.3 is 14.4 Å². The lowest BCUT2D eigenvalue weighted by Gasteiger charge is -2.14. The molecule has 0 aromatic carbocycles. The van der Waals surface area contributed by atoms with Crippen LogP contribution in [0.4, 0.5) is 0 Å². The van der Waals surface area contributed by atoms with Gasteiger partial charge >= 0.3 is 0 Å². The van der Waals surface area contributed by atoms with Crippen LogP contribution in [0.3, 0.4) is 0 Å². The van der Waals surface area contributed by atoms with Gasteiger partial charge in [-0.2, -0.15) is 0 Å². The highest BCUT2D eigenvalue weighted by Crippen LogP contribution is 2.34. The van der Waals surface area contributed by atoms with Crippen molar-refractivity contribution in [1.29, 1.82) is 0 Å². The van der Waals surface area contributed by atoms with E-state index in [1.807, 2.05) is 43.5 Å². The molecule has 27 heavy (non-hydrogen) atoms. The van der Waals surface area contributed by atoms with Gasteiger partial charge in [-0.15, -0.1) is 0 Å². The van der Waals surface area contributed by atoms with Crippen LogP contribution in [0, 0.1) is 20.8 Å². The molecule has 1 aliphatic rings. The Morgan fingerprint density at radius 2 is 2.11 bits per heavy atom. The predicted octanol–water partition coefficient (Wildman–Crippen LogP) is 2.12. The molecular formula is C18H18N3O4S2-. The van der Waals surface area contributed by atoms with E-state index in [-0.39, 0.29) is 18.9 Å². The number of aliphatic carboxylic acids is 1. The monoisotopic (exact) mass is 404 g/mol. The molecule has 0 atom stereocenters. The first-order valence-electron chi connectivity index (χ1n) is 8.35. The highest BCUT2D eigenvalue weighted by atomic mass is 32.2. The van der Waals surface area contributed by atoms with Crippen molar-refractivity contribution in [1.82, 2.24) is 14.6 Å². The third kappa shape index (κ3) is 3.98. The number of amides is 1. The first-order chi connectivity index (χ1) is 12.8. The summed E-state index contributed by atoms with van der Waals surface area (Å²) < 4.78 is 7.55. The van der Waals surface area contributed by atoms with E-state index in [2.05, 4.69) is 5.16 Å². The van der Waals surface area contributed by atoms with Crippen LogP contribution in [0.25, 0.3) is 11.9 Å². The van der Waals surface area contributed by atoms with Crippen molar-refractivity contribution < 1.29 is 19.2 Å². The molecule has 0 unspecified atom stereocenters. The Morgan fingerprint density at radius 3 is 2.74 bits per heavy atom. The number of aromatic nitrogens is 2. The smallest absolute Gasteiger partial charge is 0.266 e. The second kappa shape index (κ2) is 7.69. The molecule has 0 aliphatic carbocycles. The second-order valence-corrected chi connectivity index (χ2v) is 7.94. The molecule has 1 saturated heterocycles. The topological polar surface area (TPSA) is 91.4 Å². The van der Waals surface area contributed by atoms with E-state index in [0.717, 1.165) is 22.7 Å². The molecule has 7 nitrogen and oxygen atoms in total. The molecule has 3 heterocycles. The SMILES string of the molecule is Cc1cc(-n2c(C)cc(/C=C3\SC(=S)N(CCCC(=O)[O-])C3=O)c2C)no1. The summed E-state index contributed by atoms with van der Waals surface area (Å²) in [5, 5.41) is 14.6. The van der Waals surface area contributed by atoms with Gasteiger partial charge in [0.1, 0.15) is 10.1 Å². The number of carbonyl (C=O) groups excluding carboxylic acids is 2. The Balaban J connectivity index is 1.84. The normalized spacial score (nSPS) is 16.0. The number of thiocarbonyl (C=S) groups is 1. The van der Waals surface area contributed by atoms with Gasteiger partial charge in [0.05, 0.1) is 4.91 Å². The van der Waals surface area contributed by atoms with Crippen molar-refractivity contribution in [3.05, 3.63) is 39.7 Å². The molecule has 1 fully saturated rings. The minimum absolute atomic E-state index is 0.103. The second-order valence-electron chi connectivity index (χ2n) is 6.27. The standard InChI is InChI=1S/C18H19N3O4S2/c1-10-7-13(12(3)21(10)15-8-11(2)25-19-15)9-14-17(24)20(18(26)27-14)6-4-5-16(22)23/h7-9H,4-6H2,1-3H3,(H,22,23)/p-1/b14-9-. The summed E-state index contributed by atoms with van der Waals surface area (Å²) in [4.78, 5) is 25.1. The van der Waals surface area contributed by atoms with Gasteiger partial charge in [0.15, 0.2) is 5.82 Å². The van der Waals surface area contributed by atoms with Gasteiger partial charge in [-0.1, -0.05) is 29.1 Å².